The smallest absolute Gasteiger partial charge is 0.336 e. The van der Waals surface area contributed by atoms with Crippen LogP contribution in [-0.2, 0) is 9.59 Å². The van der Waals surface area contributed by atoms with Crippen LogP contribution >= 0.6 is 0 Å². The van der Waals surface area contributed by atoms with Crippen LogP contribution in [0.3, 0.4) is 0 Å². The molecule has 0 unspecified atom stereocenters. The Morgan fingerprint density at radius 3 is 1.47 bits per heavy atom. The molecule has 0 aliphatic carbocycles. The van der Waals surface area contributed by atoms with Gasteiger partial charge >= 0.3 is 11.9 Å². The molecule has 1 aromatic carbocycles. The Morgan fingerprint density at radius 1 is 0.789 bits per heavy atom. The lowest BCUT2D eigenvalue weighted by molar-refractivity contribution is -0.133. The molecule has 0 aliphatic rings. The summed E-state index contributed by atoms with van der Waals surface area (Å²) in [6.07, 6.45) is -0.180. The summed E-state index contributed by atoms with van der Waals surface area (Å²) in [5, 5.41) is 16.9. The minimum absolute atomic E-state index is 0.180. The molecule has 0 aliphatic heterocycles. The second-order valence-electron chi connectivity index (χ2n) is 3.15. The summed E-state index contributed by atoms with van der Waals surface area (Å²) in [5.41, 5.74) is -3.38. The van der Waals surface area contributed by atoms with E-state index in [1.165, 1.54) is 0 Å². The lowest BCUT2D eigenvalue weighted by atomic mass is 10.0. The maximum Gasteiger partial charge on any atom is 0.336 e. The van der Waals surface area contributed by atoms with Gasteiger partial charge < -0.3 is 10.2 Å². The van der Waals surface area contributed by atoms with Crippen molar-refractivity contribution in [1.82, 2.24) is 0 Å². The van der Waals surface area contributed by atoms with Gasteiger partial charge in [-0.05, 0) is 0 Å². The lowest BCUT2D eigenvalue weighted by Crippen LogP contribution is -2.12. The Bertz CT molecular complexity index is 579. The number of carbonyl (C=O) groups is 2. The van der Waals surface area contributed by atoms with Crippen LogP contribution in [0.5, 0.6) is 0 Å². The first-order valence-electron chi connectivity index (χ1n) is 4.38. The summed E-state index contributed by atoms with van der Waals surface area (Å²) < 4.78 is 64.9. The normalized spacial score (nSPS) is 11.5. The molecule has 19 heavy (non-hydrogen) atoms. The van der Waals surface area contributed by atoms with Gasteiger partial charge in [0.05, 0.1) is 11.1 Å². The number of hydrogen-bond donors (Lipinski definition) is 2. The zero-order valence-electron chi connectivity index (χ0n) is 8.68. The van der Waals surface area contributed by atoms with Crippen LogP contribution in [0.1, 0.15) is 5.56 Å². The third-order valence-electron chi connectivity index (χ3n) is 1.98. The predicted octanol–water partition coefficient (Wildman–Crippen LogP) is 1.93. The van der Waals surface area contributed by atoms with Crippen LogP contribution in [-0.4, -0.2) is 22.2 Å². The van der Waals surface area contributed by atoms with Gasteiger partial charge in [-0.1, -0.05) is 0 Å². The molecule has 9 heteroatoms. The maximum absolute atomic E-state index is 13.2. The van der Waals surface area contributed by atoms with E-state index in [1.807, 2.05) is 0 Å². The summed E-state index contributed by atoms with van der Waals surface area (Å²) in [6, 6.07) is 0. The Balaban J connectivity index is 3.76. The minimum Gasteiger partial charge on any atom is -0.478 e. The van der Waals surface area contributed by atoms with Gasteiger partial charge in [0.25, 0.3) is 0 Å². The van der Waals surface area contributed by atoms with E-state index in [1.54, 1.807) is 0 Å². The van der Waals surface area contributed by atoms with E-state index in [0.717, 1.165) is 0 Å². The SMILES string of the molecule is O=C(O)/C=C(/C(=O)O)c1c(F)c(F)c(F)c(F)c1F. The largest absolute Gasteiger partial charge is 0.478 e. The van der Waals surface area contributed by atoms with Crippen LogP contribution in [0.25, 0.3) is 5.57 Å². The molecule has 0 amide bonds. The van der Waals surface area contributed by atoms with Crippen molar-refractivity contribution in [3.63, 3.8) is 0 Å². The van der Waals surface area contributed by atoms with E-state index < -0.39 is 52.2 Å². The molecular formula is C10H3F5O4. The van der Waals surface area contributed by atoms with Gasteiger partial charge in [-0.2, -0.15) is 0 Å². The summed E-state index contributed by atoms with van der Waals surface area (Å²) in [4.78, 5) is 20.9. The molecule has 1 aromatic rings. The van der Waals surface area contributed by atoms with Gasteiger partial charge in [0.1, 0.15) is 0 Å². The number of rotatable bonds is 3. The molecule has 0 aromatic heterocycles. The monoisotopic (exact) mass is 282 g/mol. The van der Waals surface area contributed by atoms with Crippen molar-refractivity contribution >= 4 is 17.5 Å². The number of halogens is 5. The molecule has 0 heterocycles. The average molecular weight is 282 g/mol. The molecule has 0 bridgehead atoms. The highest BCUT2D eigenvalue weighted by molar-refractivity contribution is 6.19. The predicted molar refractivity (Wildman–Crippen MR) is 49.5 cm³/mol. The molecular weight excluding hydrogens is 279 g/mol. The van der Waals surface area contributed by atoms with Gasteiger partial charge in [0.2, 0.25) is 5.82 Å². The standard InChI is InChI=1S/C10H3F5O4/c11-5-4(2(10(18)19)1-3(16)17)6(12)8(14)9(15)7(5)13/h1H,(H,16,17)(H,18,19)/b2-1+. The van der Waals surface area contributed by atoms with Crippen molar-refractivity contribution in [2.75, 3.05) is 0 Å². The summed E-state index contributed by atoms with van der Waals surface area (Å²) in [5.74, 6) is -16.2. The Kier molecular flexibility index (Phi) is 3.88. The highest BCUT2D eigenvalue weighted by Crippen LogP contribution is 2.28. The number of carboxylic acid groups (broad SMARTS) is 2. The van der Waals surface area contributed by atoms with Crippen LogP contribution in [0.2, 0.25) is 0 Å². The summed E-state index contributed by atoms with van der Waals surface area (Å²) in [6.45, 7) is 0. The molecule has 2 N–H and O–H groups in total. The van der Waals surface area contributed by atoms with Crippen molar-refractivity contribution in [2.24, 2.45) is 0 Å². The fourth-order valence-corrected chi connectivity index (χ4v) is 1.21. The highest BCUT2D eigenvalue weighted by Gasteiger charge is 2.30. The summed E-state index contributed by atoms with van der Waals surface area (Å²) in [7, 11) is 0. The quantitative estimate of drug-likeness (QED) is 0.384. The van der Waals surface area contributed by atoms with Gasteiger partial charge in [-0.25, -0.2) is 31.5 Å². The first kappa shape index (κ1) is 14.6. The second-order valence-corrected chi connectivity index (χ2v) is 3.15. The van der Waals surface area contributed by atoms with E-state index in [0.29, 0.717) is 0 Å². The minimum atomic E-state index is -2.47. The topological polar surface area (TPSA) is 74.6 Å². The molecule has 0 radical (unpaired) electrons. The Hall–Kier alpha value is -2.45. The van der Waals surface area contributed by atoms with Crippen molar-refractivity contribution in [2.45, 2.75) is 0 Å². The molecule has 4 nitrogen and oxygen atoms in total. The Labute approximate surface area is 101 Å². The molecule has 1 rings (SSSR count). The molecule has 0 spiro atoms. The highest BCUT2D eigenvalue weighted by atomic mass is 19.2. The first-order chi connectivity index (χ1) is 8.68. The lowest BCUT2D eigenvalue weighted by Gasteiger charge is -2.08. The van der Waals surface area contributed by atoms with E-state index in [9.17, 15) is 31.5 Å². The van der Waals surface area contributed by atoms with Gasteiger partial charge in [-0.15, -0.1) is 0 Å². The van der Waals surface area contributed by atoms with Crippen molar-refractivity contribution < 1.29 is 41.8 Å². The zero-order valence-corrected chi connectivity index (χ0v) is 8.68. The van der Waals surface area contributed by atoms with E-state index >= 15 is 0 Å². The third kappa shape index (κ3) is 2.54. The number of hydrogen-bond acceptors (Lipinski definition) is 2. The first-order valence-corrected chi connectivity index (χ1v) is 4.38. The van der Waals surface area contributed by atoms with E-state index in [-0.39, 0.29) is 6.08 Å². The molecule has 0 saturated heterocycles. The van der Waals surface area contributed by atoms with Gasteiger partial charge in [-0.3, -0.25) is 0 Å². The van der Waals surface area contributed by atoms with Gasteiger partial charge in [0, 0.05) is 6.08 Å². The fraction of sp³-hybridized carbons (Fsp3) is 0. The van der Waals surface area contributed by atoms with Crippen LogP contribution in [0.4, 0.5) is 22.0 Å². The van der Waals surface area contributed by atoms with Crippen LogP contribution in [0.15, 0.2) is 6.08 Å². The third-order valence-corrected chi connectivity index (χ3v) is 1.98. The van der Waals surface area contributed by atoms with Gasteiger partial charge in [0.15, 0.2) is 23.3 Å². The van der Waals surface area contributed by atoms with Crippen molar-refractivity contribution in [3.05, 3.63) is 40.7 Å². The second kappa shape index (κ2) is 5.04. The average Bonchev–Trinajstić information content (AvgIpc) is 2.32. The zero-order chi connectivity index (χ0) is 14.9. The van der Waals surface area contributed by atoms with Crippen LogP contribution in [0, 0.1) is 29.1 Å². The van der Waals surface area contributed by atoms with Crippen molar-refractivity contribution in [1.29, 1.82) is 0 Å². The van der Waals surface area contributed by atoms with E-state index in [4.69, 9.17) is 10.2 Å². The molecule has 0 fully saturated rings. The van der Waals surface area contributed by atoms with E-state index in [2.05, 4.69) is 0 Å². The van der Waals surface area contributed by atoms with Crippen LogP contribution < -0.4 is 0 Å². The Morgan fingerprint density at radius 2 is 1.16 bits per heavy atom. The van der Waals surface area contributed by atoms with Crippen molar-refractivity contribution in [3.8, 4) is 0 Å². The number of benzene rings is 1. The molecule has 102 valence electrons. The summed E-state index contributed by atoms with van der Waals surface area (Å²) >= 11 is 0. The number of aliphatic carboxylic acids is 2. The maximum atomic E-state index is 13.2. The molecule has 0 atom stereocenters. The molecule has 0 saturated carbocycles. The number of carboxylic acids is 2. The fourth-order valence-electron chi connectivity index (χ4n) is 1.21.